The lowest BCUT2D eigenvalue weighted by Crippen LogP contribution is -2.26. The van der Waals surface area contributed by atoms with Gasteiger partial charge in [0.05, 0.1) is 10.6 Å². The molecule has 7 heteroatoms. The van der Waals surface area contributed by atoms with Crippen LogP contribution in [0.4, 0.5) is 4.39 Å². The standard InChI is InChI=1S/C17H15FN2O3S/c18-14-6-8-16(9-7-14)24(21,22)19-11-10-15-12-17(23-20-15)13-4-2-1-3-5-13/h1-9,12,19H,10-11H2. The normalized spacial score (nSPS) is 11.5. The van der Waals surface area contributed by atoms with Gasteiger partial charge < -0.3 is 4.52 Å². The average Bonchev–Trinajstić information content (AvgIpc) is 3.05. The zero-order chi connectivity index (χ0) is 17.0. The summed E-state index contributed by atoms with van der Waals surface area (Å²) in [5.74, 6) is 0.150. The van der Waals surface area contributed by atoms with Gasteiger partial charge in [-0.1, -0.05) is 35.5 Å². The second kappa shape index (κ2) is 6.94. The van der Waals surface area contributed by atoms with Crippen molar-refractivity contribution in [1.29, 1.82) is 0 Å². The third-order valence-electron chi connectivity index (χ3n) is 3.41. The summed E-state index contributed by atoms with van der Waals surface area (Å²) in [5, 5.41) is 3.94. The van der Waals surface area contributed by atoms with Crippen molar-refractivity contribution in [3.8, 4) is 11.3 Å². The molecule has 1 aromatic heterocycles. The third kappa shape index (κ3) is 3.87. The van der Waals surface area contributed by atoms with Gasteiger partial charge in [-0.3, -0.25) is 0 Å². The Morgan fingerprint density at radius 3 is 2.46 bits per heavy atom. The molecule has 0 bridgehead atoms. The number of rotatable bonds is 6. The number of halogens is 1. The molecule has 0 saturated carbocycles. The monoisotopic (exact) mass is 346 g/mol. The number of hydrogen-bond donors (Lipinski definition) is 1. The van der Waals surface area contributed by atoms with Crippen LogP contribution in [0.3, 0.4) is 0 Å². The van der Waals surface area contributed by atoms with E-state index in [9.17, 15) is 12.8 Å². The highest BCUT2D eigenvalue weighted by Gasteiger charge is 2.14. The number of hydrogen-bond acceptors (Lipinski definition) is 4. The van der Waals surface area contributed by atoms with Gasteiger partial charge in [0.25, 0.3) is 0 Å². The van der Waals surface area contributed by atoms with Gasteiger partial charge in [-0.15, -0.1) is 0 Å². The van der Waals surface area contributed by atoms with Gasteiger partial charge >= 0.3 is 0 Å². The fourth-order valence-corrected chi connectivity index (χ4v) is 3.21. The molecule has 2 aromatic carbocycles. The molecule has 0 amide bonds. The lowest BCUT2D eigenvalue weighted by atomic mass is 10.1. The van der Waals surface area contributed by atoms with Crippen molar-refractivity contribution < 1.29 is 17.3 Å². The average molecular weight is 346 g/mol. The Bertz CT molecular complexity index is 907. The first-order chi connectivity index (χ1) is 11.5. The maximum Gasteiger partial charge on any atom is 0.240 e. The van der Waals surface area contributed by atoms with E-state index in [1.165, 1.54) is 12.1 Å². The molecule has 0 unspecified atom stereocenters. The van der Waals surface area contributed by atoms with E-state index < -0.39 is 15.8 Å². The van der Waals surface area contributed by atoms with Crippen molar-refractivity contribution in [2.75, 3.05) is 6.54 Å². The molecule has 0 fully saturated rings. The van der Waals surface area contributed by atoms with E-state index in [0.29, 0.717) is 17.9 Å². The Balaban J connectivity index is 1.60. The van der Waals surface area contributed by atoms with Crippen molar-refractivity contribution >= 4 is 10.0 Å². The van der Waals surface area contributed by atoms with Crippen LogP contribution in [-0.4, -0.2) is 20.1 Å². The minimum atomic E-state index is -3.67. The van der Waals surface area contributed by atoms with E-state index in [4.69, 9.17) is 4.52 Å². The third-order valence-corrected chi connectivity index (χ3v) is 4.89. The summed E-state index contributed by atoms with van der Waals surface area (Å²) in [5.41, 5.74) is 1.55. The van der Waals surface area contributed by atoms with Crippen LogP contribution in [0, 0.1) is 5.82 Å². The van der Waals surface area contributed by atoms with Gasteiger partial charge in [-0.2, -0.15) is 0 Å². The molecule has 0 radical (unpaired) electrons. The van der Waals surface area contributed by atoms with Crippen molar-refractivity contribution in [1.82, 2.24) is 9.88 Å². The molecule has 0 aliphatic carbocycles. The molecule has 1 heterocycles. The maximum absolute atomic E-state index is 12.9. The predicted octanol–water partition coefficient (Wildman–Crippen LogP) is 3.00. The summed E-state index contributed by atoms with van der Waals surface area (Å²) in [7, 11) is -3.67. The lowest BCUT2D eigenvalue weighted by Gasteiger charge is -2.05. The fraction of sp³-hybridized carbons (Fsp3) is 0.118. The number of nitrogens with one attached hydrogen (secondary N) is 1. The topological polar surface area (TPSA) is 72.2 Å². The van der Waals surface area contributed by atoms with Crippen molar-refractivity contribution in [2.45, 2.75) is 11.3 Å². The Morgan fingerprint density at radius 1 is 1.04 bits per heavy atom. The Kier molecular flexibility index (Phi) is 4.73. The Morgan fingerprint density at radius 2 is 1.75 bits per heavy atom. The number of nitrogens with zero attached hydrogens (tertiary/aromatic N) is 1. The van der Waals surface area contributed by atoms with E-state index in [1.807, 2.05) is 30.3 Å². The van der Waals surface area contributed by atoms with Gasteiger partial charge in [-0.05, 0) is 24.3 Å². The van der Waals surface area contributed by atoms with Gasteiger partial charge in [0.1, 0.15) is 5.82 Å². The number of aromatic nitrogens is 1. The van der Waals surface area contributed by atoms with E-state index in [-0.39, 0.29) is 11.4 Å². The minimum absolute atomic E-state index is 0.0222. The molecule has 0 aliphatic rings. The largest absolute Gasteiger partial charge is 0.356 e. The molecule has 0 spiro atoms. The van der Waals surface area contributed by atoms with Crippen molar-refractivity contribution in [2.24, 2.45) is 0 Å². The summed E-state index contributed by atoms with van der Waals surface area (Å²) < 4.78 is 44.7. The van der Waals surface area contributed by atoms with Gasteiger partial charge in [0.2, 0.25) is 10.0 Å². The van der Waals surface area contributed by atoms with Crippen LogP contribution in [0.25, 0.3) is 11.3 Å². The summed E-state index contributed by atoms with van der Waals surface area (Å²) in [4.78, 5) is 0.0222. The van der Waals surface area contributed by atoms with Crippen LogP contribution >= 0.6 is 0 Å². The molecule has 1 N–H and O–H groups in total. The van der Waals surface area contributed by atoms with Gasteiger partial charge in [0.15, 0.2) is 5.76 Å². The minimum Gasteiger partial charge on any atom is -0.356 e. The highest BCUT2D eigenvalue weighted by Crippen LogP contribution is 2.19. The highest BCUT2D eigenvalue weighted by atomic mass is 32.2. The smallest absolute Gasteiger partial charge is 0.240 e. The van der Waals surface area contributed by atoms with E-state index >= 15 is 0 Å². The van der Waals surface area contributed by atoms with Crippen LogP contribution in [0.5, 0.6) is 0 Å². The predicted molar refractivity (Wildman–Crippen MR) is 87.2 cm³/mol. The molecular weight excluding hydrogens is 331 g/mol. The first-order valence-electron chi connectivity index (χ1n) is 7.31. The zero-order valence-electron chi connectivity index (χ0n) is 12.6. The Hall–Kier alpha value is -2.51. The van der Waals surface area contributed by atoms with Gasteiger partial charge in [-0.25, -0.2) is 17.5 Å². The first kappa shape index (κ1) is 16.4. The summed E-state index contributed by atoms with van der Waals surface area (Å²) in [6.45, 7) is 0.167. The molecule has 0 saturated heterocycles. The van der Waals surface area contributed by atoms with Crippen LogP contribution < -0.4 is 4.72 Å². The SMILES string of the molecule is O=S(=O)(NCCc1cc(-c2ccccc2)on1)c1ccc(F)cc1. The van der Waals surface area contributed by atoms with Crippen LogP contribution in [0.15, 0.2) is 70.1 Å². The van der Waals surface area contributed by atoms with Crippen LogP contribution in [0.2, 0.25) is 0 Å². The van der Waals surface area contributed by atoms with Gasteiger partial charge in [0, 0.05) is 24.6 Å². The molecule has 5 nitrogen and oxygen atoms in total. The zero-order valence-corrected chi connectivity index (χ0v) is 13.5. The molecule has 0 atom stereocenters. The second-order valence-electron chi connectivity index (χ2n) is 5.15. The molecular formula is C17H15FN2O3S. The van der Waals surface area contributed by atoms with E-state index in [2.05, 4.69) is 9.88 Å². The van der Waals surface area contributed by atoms with Crippen LogP contribution in [-0.2, 0) is 16.4 Å². The summed E-state index contributed by atoms with van der Waals surface area (Å²) in [6.07, 6.45) is 0.386. The highest BCUT2D eigenvalue weighted by molar-refractivity contribution is 7.89. The van der Waals surface area contributed by atoms with Crippen LogP contribution in [0.1, 0.15) is 5.69 Å². The quantitative estimate of drug-likeness (QED) is 0.745. The van der Waals surface area contributed by atoms with Crippen molar-refractivity contribution in [3.05, 3.63) is 72.2 Å². The molecule has 124 valence electrons. The molecule has 0 aliphatic heterocycles. The molecule has 3 aromatic rings. The maximum atomic E-state index is 12.9. The second-order valence-corrected chi connectivity index (χ2v) is 6.92. The lowest BCUT2D eigenvalue weighted by molar-refractivity contribution is 0.423. The van der Waals surface area contributed by atoms with E-state index in [1.54, 1.807) is 6.07 Å². The summed E-state index contributed by atoms with van der Waals surface area (Å²) in [6, 6.07) is 16.0. The first-order valence-corrected chi connectivity index (χ1v) is 8.79. The molecule has 24 heavy (non-hydrogen) atoms. The fourth-order valence-electron chi connectivity index (χ4n) is 2.18. The number of sulfonamides is 1. The Labute approximate surface area is 139 Å². The number of benzene rings is 2. The molecule has 3 rings (SSSR count). The van der Waals surface area contributed by atoms with Crippen molar-refractivity contribution in [3.63, 3.8) is 0 Å². The van der Waals surface area contributed by atoms with E-state index in [0.717, 1.165) is 17.7 Å². The summed E-state index contributed by atoms with van der Waals surface area (Å²) >= 11 is 0.